The van der Waals surface area contributed by atoms with Crippen LogP contribution in [0.3, 0.4) is 0 Å². The fourth-order valence-corrected chi connectivity index (χ4v) is 3.18. The summed E-state index contributed by atoms with van der Waals surface area (Å²) in [4.78, 5) is 15.4. The Morgan fingerprint density at radius 3 is 3.14 bits per heavy atom. The first-order valence-corrected chi connectivity index (χ1v) is 8.22. The second-order valence-electron chi connectivity index (χ2n) is 5.35. The number of aromatic nitrogens is 1. The van der Waals surface area contributed by atoms with E-state index in [0.29, 0.717) is 24.7 Å². The van der Waals surface area contributed by atoms with Gasteiger partial charge in [-0.25, -0.2) is 4.79 Å². The number of urea groups is 1. The number of thiophene rings is 1. The molecule has 2 aromatic heterocycles. The number of ether oxygens (including phenoxy) is 1. The Balaban J connectivity index is 1.66. The molecule has 1 atom stereocenters. The number of nitrogens with zero attached hydrogens (tertiary/aromatic N) is 2. The van der Waals surface area contributed by atoms with Crippen molar-refractivity contribution in [3.63, 3.8) is 0 Å². The van der Waals surface area contributed by atoms with Crippen molar-refractivity contribution in [3.05, 3.63) is 34.2 Å². The van der Waals surface area contributed by atoms with Crippen LogP contribution < -0.4 is 5.32 Å². The Labute approximate surface area is 133 Å². The van der Waals surface area contributed by atoms with Gasteiger partial charge in [-0.1, -0.05) is 11.2 Å². The van der Waals surface area contributed by atoms with Crippen LogP contribution in [0, 0.1) is 6.92 Å². The summed E-state index contributed by atoms with van der Waals surface area (Å²) in [5.41, 5.74) is 0. The summed E-state index contributed by atoms with van der Waals surface area (Å²) in [5, 5.41) is 8.60. The molecule has 22 heavy (non-hydrogen) atoms. The Hall–Kier alpha value is -1.86. The molecule has 7 heteroatoms. The molecule has 0 spiro atoms. The molecule has 0 aliphatic carbocycles. The van der Waals surface area contributed by atoms with Crippen molar-refractivity contribution >= 4 is 23.2 Å². The van der Waals surface area contributed by atoms with Crippen LogP contribution in [0.2, 0.25) is 0 Å². The minimum absolute atomic E-state index is 0.116. The first-order chi connectivity index (χ1) is 10.7. The fourth-order valence-electron chi connectivity index (χ4n) is 2.46. The van der Waals surface area contributed by atoms with Gasteiger partial charge in [-0.15, -0.1) is 11.3 Å². The Bertz CT molecular complexity index is 605. The predicted octanol–water partition coefficient (Wildman–Crippen LogP) is 3.26. The molecule has 1 aliphatic heterocycles. The van der Waals surface area contributed by atoms with E-state index in [1.807, 2.05) is 17.5 Å². The average Bonchev–Trinajstić information content (AvgIpc) is 3.21. The SMILES string of the molecule is Cc1cc(NC(=O)N(Cc2cccs2)C[C@H]2CCCO2)no1. The summed E-state index contributed by atoms with van der Waals surface area (Å²) in [7, 11) is 0. The summed E-state index contributed by atoms with van der Waals surface area (Å²) < 4.78 is 10.6. The number of carbonyl (C=O) groups excluding carboxylic acids is 1. The van der Waals surface area contributed by atoms with Crippen molar-refractivity contribution in [1.82, 2.24) is 10.1 Å². The van der Waals surface area contributed by atoms with Crippen LogP contribution in [0.1, 0.15) is 23.5 Å². The first kappa shape index (κ1) is 15.1. The quantitative estimate of drug-likeness (QED) is 0.918. The number of hydrogen-bond acceptors (Lipinski definition) is 5. The molecule has 1 aliphatic rings. The number of anilines is 1. The van der Waals surface area contributed by atoms with Gasteiger partial charge in [0.2, 0.25) is 0 Å². The molecule has 0 aromatic carbocycles. The minimum Gasteiger partial charge on any atom is -0.376 e. The highest BCUT2D eigenvalue weighted by Gasteiger charge is 2.23. The van der Waals surface area contributed by atoms with Gasteiger partial charge in [0.15, 0.2) is 5.82 Å². The van der Waals surface area contributed by atoms with Crippen LogP contribution in [-0.2, 0) is 11.3 Å². The van der Waals surface area contributed by atoms with Gasteiger partial charge < -0.3 is 14.2 Å². The summed E-state index contributed by atoms with van der Waals surface area (Å²) in [6.07, 6.45) is 2.17. The molecule has 0 saturated carbocycles. The molecule has 0 bridgehead atoms. The third-order valence-corrected chi connectivity index (χ3v) is 4.39. The predicted molar refractivity (Wildman–Crippen MR) is 84.0 cm³/mol. The van der Waals surface area contributed by atoms with Gasteiger partial charge in [-0.3, -0.25) is 5.32 Å². The van der Waals surface area contributed by atoms with Gasteiger partial charge in [0.05, 0.1) is 12.6 Å². The highest BCUT2D eigenvalue weighted by molar-refractivity contribution is 7.09. The lowest BCUT2D eigenvalue weighted by molar-refractivity contribution is 0.0821. The third kappa shape index (κ3) is 3.86. The zero-order valence-corrected chi connectivity index (χ0v) is 13.3. The Kier molecular flexibility index (Phi) is 4.74. The van der Waals surface area contributed by atoms with Crippen molar-refractivity contribution in [2.45, 2.75) is 32.4 Å². The number of rotatable bonds is 5. The van der Waals surface area contributed by atoms with Crippen LogP contribution in [0.5, 0.6) is 0 Å². The van der Waals surface area contributed by atoms with E-state index in [1.54, 1.807) is 29.2 Å². The molecule has 2 aromatic rings. The second kappa shape index (κ2) is 6.93. The highest BCUT2D eigenvalue weighted by atomic mass is 32.1. The normalized spacial score (nSPS) is 17.6. The molecule has 118 valence electrons. The molecule has 1 N–H and O–H groups in total. The van der Waals surface area contributed by atoms with Crippen LogP contribution in [-0.4, -0.2) is 35.3 Å². The van der Waals surface area contributed by atoms with E-state index in [0.717, 1.165) is 24.3 Å². The van der Waals surface area contributed by atoms with E-state index in [1.165, 1.54) is 0 Å². The van der Waals surface area contributed by atoms with Gasteiger partial charge in [0.25, 0.3) is 0 Å². The maximum Gasteiger partial charge on any atom is 0.323 e. The lowest BCUT2D eigenvalue weighted by atomic mass is 10.2. The van der Waals surface area contributed by atoms with Gasteiger partial charge in [-0.05, 0) is 31.2 Å². The van der Waals surface area contributed by atoms with Crippen molar-refractivity contribution in [2.24, 2.45) is 0 Å². The molecule has 1 saturated heterocycles. The van der Waals surface area contributed by atoms with E-state index in [9.17, 15) is 4.79 Å². The molecule has 2 amide bonds. The molecule has 3 heterocycles. The number of hydrogen-bond donors (Lipinski definition) is 1. The number of aryl methyl sites for hydroxylation is 1. The molecule has 0 unspecified atom stereocenters. The number of carbonyl (C=O) groups is 1. The van der Waals surface area contributed by atoms with Crippen molar-refractivity contribution < 1.29 is 14.1 Å². The largest absolute Gasteiger partial charge is 0.376 e. The molecule has 0 radical (unpaired) electrons. The molecule has 1 fully saturated rings. The van der Waals surface area contributed by atoms with Gasteiger partial charge in [0, 0.05) is 24.1 Å². The third-order valence-electron chi connectivity index (χ3n) is 3.52. The fraction of sp³-hybridized carbons (Fsp3) is 0.467. The van der Waals surface area contributed by atoms with Crippen molar-refractivity contribution in [3.8, 4) is 0 Å². The van der Waals surface area contributed by atoms with E-state index >= 15 is 0 Å². The molecule has 3 rings (SSSR count). The van der Waals surface area contributed by atoms with E-state index in [4.69, 9.17) is 9.26 Å². The Morgan fingerprint density at radius 2 is 2.50 bits per heavy atom. The van der Waals surface area contributed by atoms with E-state index < -0.39 is 0 Å². The second-order valence-corrected chi connectivity index (χ2v) is 6.38. The maximum atomic E-state index is 12.5. The van der Waals surface area contributed by atoms with Crippen molar-refractivity contribution in [2.75, 3.05) is 18.5 Å². The molecular weight excluding hydrogens is 302 g/mol. The summed E-state index contributed by atoms with van der Waals surface area (Å²) in [6, 6.07) is 5.54. The monoisotopic (exact) mass is 321 g/mol. The lowest BCUT2D eigenvalue weighted by Gasteiger charge is -2.24. The summed E-state index contributed by atoms with van der Waals surface area (Å²) >= 11 is 1.64. The zero-order chi connectivity index (χ0) is 15.4. The molecule has 6 nitrogen and oxygen atoms in total. The van der Waals surface area contributed by atoms with Gasteiger partial charge >= 0.3 is 6.03 Å². The lowest BCUT2D eigenvalue weighted by Crippen LogP contribution is -2.39. The van der Waals surface area contributed by atoms with E-state index in [-0.39, 0.29) is 12.1 Å². The number of amides is 2. The first-order valence-electron chi connectivity index (χ1n) is 7.34. The van der Waals surface area contributed by atoms with Gasteiger partial charge in [-0.2, -0.15) is 0 Å². The number of nitrogens with one attached hydrogen (secondary N) is 1. The standard InChI is InChI=1S/C15H19N3O3S/c1-11-8-14(17-21-11)16-15(19)18(9-12-4-2-6-20-12)10-13-5-3-7-22-13/h3,5,7-8,12H,2,4,6,9-10H2,1H3,(H,16,17,19)/t12-/m1/s1. The van der Waals surface area contributed by atoms with Crippen LogP contribution in [0.25, 0.3) is 0 Å². The molecular formula is C15H19N3O3S. The summed E-state index contributed by atoms with van der Waals surface area (Å²) in [6.45, 7) is 3.72. The van der Waals surface area contributed by atoms with E-state index in [2.05, 4.69) is 10.5 Å². The van der Waals surface area contributed by atoms with Crippen LogP contribution >= 0.6 is 11.3 Å². The maximum absolute atomic E-state index is 12.5. The average molecular weight is 321 g/mol. The topological polar surface area (TPSA) is 67.6 Å². The van der Waals surface area contributed by atoms with Crippen LogP contribution in [0.4, 0.5) is 10.6 Å². The summed E-state index contributed by atoms with van der Waals surface area (Å²) in [5.74, 6) is 1.10. The minimum atomic E-state index is -0.183. The highest BCUT2D eigenvalue weighted by Crippen LogP contribution is 2.18. The van der Waals surface area contributed by atoms with Crippen LogP contribution in [0.15, 0.2) is 28.1 Å². The zero-order valence-electron chi connectivity index (χ0n) is 12.4. The Morgan fingerprint density at radius 1 is 1.59 bits per heavy atom. The smallest absolute Gasteiger partial charge is 0.323 e. The van der Waals surface area contributed by atoms with Crippen molar-refractivity contribution in [1.29, 1.82) is 0 Å². The van der Waals surface area contributed by atoms with Gasteiger partial charge in [0.1, 0.15) is 5.76 Å².